The maximum atomic E-state index is 13.2. The largest absolute Gasteiger partial charge is 0.340 e. The number of hydrogen-bond donors (Lipinski definition) is 1. The molecule has 1 unspecified atom stereocenters. The molecule has 0 bridgehead atoms. The molecule has 7 heteroatoms. The fourth-order valence-corrected chi connectivity index (χ4v) is 4.26. The lowest BCUT2D eigenvalue weighted by molar-refractivity contribution is -0.135. The van der Waals surface area contributed by atoms with E-state index in [1.54, 1.807) is 36.0 Å². The zero-order valence-corrected chi connectivity index (χ0v) is 18.8. The van der Waals surface area contributed by atoms with E-state index in [-0.39, 0.29) is 11.8 Å². The van der Waals surface area contributed by atoms with Gasteiger partial charge >= 0.3 is 0 Å². The van der Waals surface area contributed by atoms with Crippen molar-refractivity contribution in [2.24, 2.45) is 0 Å². The highest BCUT2D eigenvalue weighted by Crippen LogP contribution is 2.16. The van der Waals surface area contributed by atoms with E-state index in [0.717, 1.165) is 25.4 Å². The molecule has 2 amide bonds. The van der Waals surface area contributed by atoms with Crippen molar-refractivity contribution in [3.05, 3.63) is 70.7 Å². The maximum absolute atomic E-state index is 13.2. The highest BCUT2D eigenvalue weighted by molar-refractivity contribution is 7.98. The van der Waals surface area contributed by atoms with Gasteiger partial charge in [0.15, 0.2) is 0 Å². The zero-order chi connectivity index (χ0) is 21.3. The Morgan fingerprint density at radius 1 is 1.03 bits per heavy atom. The van der Waals surface area contributed by atoms with E-state index >= 15 is 0 Å². The highest BCUT2D eigenvalue weighted by atomic mass is 35.5. The summed E-state index contributed by atoms with van der Waals surface area (Å²) in [4.78, 5) is 30.1. The topological polar surface area (TPSA) is 52.7 Å². The number of halogens is 1. The first-order valence-electron chi connectivity index (χ1n) is 10.2. The molecule has 2 aromatic carbocycles. The number of amides is 2. The number of nitrogens with zero attached hydrogens (tertiary/aromatic N) is 2. The van der Waals surface area contributed by atoms with Gasteiger partial charge in [-0.3, -0.25) is 14.5 Å². The Morgan fingerprint density at radius 3 is 2.37 bits per heavy atom. The lowest BCUT2D eigenvalue weighted by Crippen LogP contribution is -2.55. The molecule has 3 rings (SSSR count). The van der Waals surface area contributed by atoms with Crippen molar-refractivity contribution < 1.29 is 9.59 Å². The summed E-state index contributed by atoms with van der Waals surface area (Å²) in [7, 11) is 0. The fourth-order valence-electron chi connectivity index (χ4n) is 3.56. The second kappa shape index (κ2) is 11.4. The number of thioether (sulfide) groups is 1. The smallest absolute Gasteiger partial charge is 0.253 e. The van der Waals surface area contributed by atoms with Gasteiger partial charge in [0.05, 0.1) is 10.6 Å². The van der Waals surface area contributed by atoms with Gasteiger partial charge in [-0.2, -0.15) is 11.8 Å². The van der Waals surface area contributed by atoms with Crippen LogP contribution in [0.3, 0.4) is 0 Å². The minimum Gasteiger partial charge on any atom is -0.340 e. The van der Waals surface area contributed by atoms with Crippen LogP contribution in [0.5, 0.6) is 0 Å². The fraction of sp³-hybridized carbons (Fsp3) is 0.391. The van der Waals surface area contributed by atoms with Crippen LogP contribution >= 0.6 is 23.4 Å². The van der Waals surface area contributed by atoms with E-state index in [9.17, 15) is 9.59 Å². The Labute approximate surface area is 187 Å². The quantitative estimate of drug-likeness (QED) is 0.675. The van der Waals surface area contributed by atoms with Crippen LogP contribution < -0.4 is 5.32 Å². The van der Waals surface area contributed by atoms with Gasteiger partial charge in [0.1, 0.15) is 6.04 Å². The number of hydrogen-bond acceptors (Lipinski definition) is 4. The number of nitrogens with one attached hydrogen (secondary N) is 1. The van der Waals surface area contributed by atoms with Crippen molar-refractivity contribution in [1.29, 1.82) is 0 Å². The average Bonchev–Trinajstić information content (AvgIpc) is 2.77. The van der Waals surface area contributed by atoms with E-state index < -0.39 is 6.04 Å². The van der Waals surface area contributed by atoms with Gasteiger partial charge in [-0.25, -0.2) is 0 Å². The Morgan fingerprint density at radius 2 is 1.70 bits per heavy atom. The summed E-state index contributed by atoms with van der Waals surface area (Å²) in [5.74, 6) is 0.485. The van der Waals surface area contributed by atoms with Gasteiger partial charge < -0.3 is 10.2 Å². The second-order valence-corrected chi connectivity index (χ2v) is 8.77. The van der Waals surface area contributed by atoms with E-state index in [2.05, 4.69) is 22.3 Å². The molecule has 5 nitrogen and oxygen atoms in total. The summed E-state index contributed by atoms with van der Waals surface area (Å²) < 4.78 is 0. The average molecular weight is 446 g/mol. The van der Waals surface area contributed by atoms with Crippen molar-refractivity contribution in [3.8, 4) is 0 Å². The van der Waals surface area contributed by atoms with Gasteiger partial charge in [-0.05, 0) is 36.1 Å². The summed E-state index contributed by atoms with van der Waals surface area (Å²) in [5, 5.41) is 3.30. The molecular weight excluding hydrogens is 418 g/mol. The molecule has 1 atom stereocenters. The molecule has 1 heterocycles. The number of carbonyl (C=O) groups excluding carboxylic acids is 2. The van der Waals surface area contributed by atoms with E-state index in [1.165, 1.54) is 5.56 Å². The van der Waals surface area contributed by atoms with Crippen molar-refractivity contribution in [2.75, 3.05) is 38.2 Å². The molecule has 0 aliphatic carbocycles. The molecule has 1 fully saturated rings. The molecule has 1 saturated heterocycles. The molecule has 160 valence electrons. The van der Waals surface area contributed by atoms with Crippen LogP contribution in [-0.2, 0) is 11.3 Å². The van der Waals surface area contributed by atoms with Crippen LogP contribution in [0.25, 0.3) is 0 Å². The second-order valence-electron chi connectivity index (χ2n) is 7.37. The van der Waals surface area contributed by atoms with Crippen LogP contribution in [0.1, 0.15) is 22.3 Å². The monoisotopic (exact) mass is 445 g/mol. The summed E-state index contributed by atoms with van der Waals surface area (Å²) in [6, 6.07) is 16.7. The molecule has 2 aromatic rings. The Balaban J connectivity index is 1.58. The molecule has 0 aromatic heterocycles. The zero-order valence-electron chi connectivity index (χ0n) is 17.2. The summed E-state index contributed by atoms with van der Waals surface area (Å²) >= 11 is 7.82. The Kier molecular flexibility index (Phi) is 8.61. The van der Waals surface area contributed by atoms with Gasteiger partial charge in [0.2, 0.25) is 5.91 Å². The summed E-state index contributed by atoms with van der Waals surface area (Å²) in [5.41, 5.74) is 1.68. The molecule has 1 N–H and O–H groups in total. The number of piperazine rings is 1. The van der Waals surface area contributed by atoms with Gasteiger partial charge in [-0.15, -0.1) is 0 Å². The maximum Gasteiger partial charge on any atom is 0.253 e. The van der Waals surface area contributed by atoms with E-state index in [4.69, 9.17) is 11.6 Å². The first kappa shape index (κ1) is 22.7. The minimum atomic E-state index is -0.540. The van der Waals surface area contributed by atoms with Crippen LogP contribution in [0, 0.1) is 0 Å². The first-order valence-corrected chi connectivity index (χ1v) is 11.9. The Bertz CT molecular complexity index is 841. The van der Waals surface area contributed by atoms with Crippen molar-refractivity contribution in [3.63, 3.8) is 0 Å². The molecular formula is C23H28ClN3O2S. The highest BCUT2D eigenvalue weighted by Gasteiger charge is 2.29. The molecule has 0 radical (unpaired) electrons. The summed E-state index contributed by atoms with van der Waals surface area (Å²) in [6.07, 6.45) is 2.60. The normalized spacial score (nSPS) is 15.6. The van der Waals surface area contributed by atoms with E-state index in [0.29, 0.717) is 30.1 Å². The van der Waals surface area contributed by atoms with Crippen LogP contribution in [0.2, 0.25) is 5.02 Å². The van der Waals surface area contributed by atoms with Crippen LogP contribution in [0.4, 0.5) is 0 Å². The number of benzene rings is 2. The number of carbonyl (C=O) groups is 2. The van der Waals surface area contributed by atoms with Gasteiger partial charge in [-0.1, -0.05) is 54.1 Å². The third-order valence-corrected chi connectivity index (χ3v) is 6.24. The molecule has 30 heavy (non-hydrogen) atoms. The van der Waals surface area contributed by atoms with Crippen molar-refractivity contribution in [1.82, 2.24) is 15.1 Å². The molecule has 0 saturated carbocycles. The lowest BCUT2D eigenvalue weighted by Gasteiger charge is -2.36. The molecule has 0 spiro atoms. The standard InChI is InChI=1S/C23H28ClN3O2S/c1-30-16-11-21(25-22(28)19-9-5-6-10-20(19)24)23(29)27-14-12-26(13-15-27)17-18-7-3-2-4-8-18/h2-10,21H,11-17H2,1H3,(H,25,28). The minimum absolute atomic E-state index is 0.0104. The van der Waals surface area contributed by atoms with Crippen molar-refractivity contribution in [2.45, 2.75) is 19.0 Å². The van der Waals surface area contributed by atoms with Crippen molar-refractivity contribution >= 4 is 35.2 Å². The molecule has 1 aliphatic heterocycles. The lowest BCUT2D eigenvalue weighted by atomic mass is 10.1. The predicted molar refractivity (Wildman–Crippen MR) is 124 cm³/mol. The van der Waals surface area contributed by atoms with Gasteiger partial charge in [0.25, 0.3) is 5.91 Å². The van der Waals surface area contributed by atoms with Crippen LogP contribution in [-0.4, -0.2) is 65.8 Å². The summed E-state index contributed by atoms with van der Waals surface area (Å²) in [6.45, 7) is 3.89. The van der Waals surface area contributed by atoms with Gasteiger partial charge in [0, 0.05) is 32.7 Å². The predicted octanol–water partition coefficient (Wildman–Crippen LogP) is 3.54. The van der Waals surface area contributed by atoms with E-state index in [1.807, 2.05) is 29.4 Å². The SMILES string of the molecule is CSCCC(NC(=O)c1ccccc1Cl)C(=O)N1CCN(Cc2ccccc2)CC1. The molecule has 1 aliphatic rings. The Hall–Kier alpha value is -2.02. The number of rotatable bonds is 8. The first-order chi connectivity index (χ1) is 14.6. The van der Waals surface area contributed by atoms with Crippen LogP contribution in [0.15, 0.2) is 54.6 Å². The third-order valence-electron chi connectivity index (χ3n) is 5.27. The third kappa shape index (κ3) is 6.24.